The van der Waals surface area contributed by atoms with Crippen LogP contribution in [0.5, 0.6) is 0 Å². The molecule has 23 heavy (non-hydrogen) atoms. The highest BCUT2D eigenvalue weighted by atomic mass is 28.5. The predicted octanol–water partition coefficient (Wildman–Crippen LogP) is 2.86. The molecule has 6 nitrogen and oxygen atoms in total. The first-order valence-corrected chi connectivity index (χ1v) is 13.5. The van der Waals surface area contributed by atoms with Crippen LogP contribution in [0.4, 0.5) is 0 Å². The molecular formula is C14H36O6Si3. The van der Waals surface area contributed by atoms with Crippen LogP contribution in [-0.4, -0.2) is 54.0 Å². The van der Waals surface area contributed by atoms with Crippen LogP contribution in [0.1, 0.15) is 55.4 Å². The fourth-order valence-corrected chi connectivity index (χ4v) is 13.5. The Balaban J connectivity index is 5.34. The van der Waals surface area contributed by atoms with E-state index in [1.807, 2.05) is 27.7 Å². The summed E-state index contributed by atoms with van der Waals surface area (Å²) in [5, 5.41) is 0. The van der Waals surface area contributed by atoms with Gasteiger partial charge in [0.2, 0.25) is 0 Å². The molecule has 0 amide bonds. The van der Waals surface area contributed by atoms with Gasteiger partial charge in [0.05, 0.1) is 0 Å². The average Bonchev–Trinajstić information content (AvgIpc) is 2.46. The summed E-state index contributed by atoms with van der Waals surface area (Å²) in [6, 6.07) is 0. The Kier molecular flexibility index (Phi) is 13.0. The lowest BCUT2D eigenvalue weighted by Gasteiger charge is -2.41. The monoisotopic (exact) mass is 384 g/mol. The van der Waals surface area contributed by atoms with Crippen molar-refractivity contribution in [1.82, 2.24) is 0 Å². The second kappa shape index (κ2) is 12.7. The molecule has 0 aromatic carbocycles. The molecule has 0 bridgehead atoms. The lowest BCUT2D eigenvalue weighted by atomic mass is 10.5. The molecule has 0 heterocycles. The summed E-state index contributed by atoms with van der Waals surface area (Å²) in [6.45, 7) is 18.7. The van der Waals surface area contributed by atoms with Gasteiger partial charge in [-0.1, -0.05) is 27.7 Å². The summed E-state index contributed by atoms with van der Waals surface area (Å²) in [6.07, 6.45) is 0. The predicted molar refractivity (Wildman–Crippen MR) is 98.9 cm³/mol. The van der Waals surface area contributed by atoms with Crippen LogP contribution in [0.15, 0.2) is 0 Å². The molecule has 140 valence electrons. The first-order valence-electron chi connectivity index (χ1n) is 8.69. The number of rotatable bonds is 14. The third-order valence-corrected chi connectivity index (χ3v) is 13.5. The lowest BCUT2D eigenvalue weighted by molar-refractivity contribution is 0.109. The van der Waals surface area contributed by atoms with Gasteiger partial charge in [-0.3, -0.25) is 0 Å². The second-order valence-electron chi connectivity index (χ2n) is 5.67. The molecule has 0 rings (SSSR count). The highest BCUT2D eigenvalue weighted by Gasteiger charge is 2.50. The topological polar surface area (TPSA) is 55.4 Å². The van der Waals surface area contributed by atoms with Gasteiger partial charge in [0.25, 0.3) is 0 Å². The molecule has 0 aromatic heterocycles. The van der Waals surface area contributed by atoms with E-state index in [1.54, 1.807) is 0 Å². The van der Waals surface area contributed by atoms with Crippen molar-refractivity contribution in [2.45, 2.75) is 66.5 Å². The van der Waals surface area contributed by atoms with Crippen molar-refractivity contribution < 1.29 is 25.9 Å². The zero-order valence-electron chi connectivity index (χ0n) is 16.1. The minimum atomic E-state index is -2.60. The highest BCUT2D eigenvalue weighted by Crippen LogP contribution is 2.36. The van der Waals surface area contributed by atoms with E-state index in [9.17, 15) is 0 Å². The van der Waals surface area contributed by atoms with E-state index < -0.39 is 27.6 Å². The molecular weight excluding hydrogens is 348 g/mol. The molecule has 0 radical (unpaired) electrons. The SMILES string of the molecule is CCO[SiH](OCC)O[Si](O[SiH](OCC)OCC)(C(C)C)C(C)C. The molecule has 0 fully saturated rings. The molecule has 0 aliphatic carbocycles. The van der Waals surface area contributed by atoms with Gasteiger partial charge >= 0.3 is 27.6 Å². The highest BCUT2D eigenvalue weighted by molar-refractivity contribution is 6.79. The van der Waals surface area contributed by atoms with Crippen LogP contribution in [0.3, 0.4) is 0 Å². The Morgan fingerprint density at radius 2 is 0.870 bits per heavy atom. The van der Waals surface area contributed by atoms with Gasteiger partial charge in [0, 0.05) is 26.4 Å². The second-order valence-corrected chi connectivity index (χ2v) is 13.8. The maximum absolute atomic E-state index is 6.45. The van der Waals surface area contributed by atoms with Gasteiger partial charge < -0.3 is 25.9 Å². The standard InChI is InChI=1S/C14H36O6Si3/c1-9-15-21(16-10-2)19-23(13(5)6,14(7)8)20-22(17-11-3)18-12-4/h13-14,21-22H,9-12H2,1-8H3. The molecule has 0 aliphatic rings. The van der Waals surface area contributed by atoms with Gasteiger partial charge in [-0.2, -0.15) is 0 Å². The first-order chi connectivity index (χ1) is 10.9. The van der Waals surface area contributed by atoms with Crippen LogP contribution >= 0.6 is 0 Å². The minimum absolute atomic E-state index is 0.245. The van der Waals surface area contributed by atoms with Crippen LogP contribution in [0.2, 0.25) is 11.1 Å². The summed E-state index contributed by atoms with van der Waals surface area (Å²) in [5.74, 6) is 0. The average molecular weight is 385 g/mol. The van der Waals surface area contributed by atoms with Gasteiger partial charge in [-0.15, -0.1) is 0 Å². The van der Waals surface area contributed by atoms with Crippen LogP contribution in [0.25, 0.3) is 0 Å². The van der Waals surface area contributed by atoms with E-state index >= 15 is 0 Å². The summed E-state index contributed by atoms with van der Waals surface area (Å²) in [5.41, 5.74) is 0.489. The number of hydrogen-bond acceptors (Lipinski definition) is 6. The Bertz CT molecular complexity index is 254. The van der Waals surface area contributed by atoms with Crippen LogP contribution < -0.4 is 0 Å². The van der Waals surface area contributed by atoms with Gasteiger partial charge in [-0.25, -0.2) is 0 Å². The van der Waals surface area contributed by atoms with Crippen molar-refractivity contribution in [2.24, 2.45) is 0 Å². The third kappa shape index (κ3) is 7.88. The zero-order chi connectivity index (χ0) is 17.9. The molecule has 0 spiro atoms. The van der Waals surface area contributed by atoms with Gasteiger partial charge in [-0.05, 0) is 38.8 Å². The molecule has 0 unspecified atom stereocenters. The van der Waals surface area contributed by atoms with E-state index in [-0.39, 0.29) is 11.1 Å². The molecule has 0 aromatic rings. The summed E-state index contributed by atoms with van der Waals surface area (Å²) >= 11 is 0. The third-order valence-electron chi connectivity index (χ3n) is 3.38. The molecule has 0 aliphatic heterocycles. The summed E-state index contributed by atoms with van der Waals surface area (Å²) < 4.78 is 35.8. The zero-order valence-corrected chi connectivity index (χ0v) is 19.4. The smallest absolute Gasteiger partial charge is 0.395 e. The van der Waals surface area contributed by atoms with Crippen molar-refractivity contribution in [2.75, 3.05) is 26.4 Å². The fourth-order valence-electron chi connectivity index (χ4n) is 2.32. The molecule has 0 saturated carbocycles. The summed E-state index contributed by atoms with van der Waals surface area (Å²) in [4.78, 5) is 0. The normalized spacial score (nSPS) is 13.0. The van der Waals surface area contributed by atoms with Crippen molar-refractivity contribution in [3.05, 3.63) is 0 Å². The lowest BCUT2D eigenvalue weighted by Crippen LogP contribution is -2.57. The van der Waals surface area contributed by atoms with Crippen LogP contribution in [0, 0.1) is 0 Å². The van der Waals surface area contributed by atoms with E-state index in [2.05, 4.69) is 27.7 Å². The molecule has 0 saturated heterocycles. The first kappa shape index (κ1) is 23.4. The van der Waals surface area contributed by atoms with Crippen LogP contribution in [-0.2, 0) is 25.9 Å². The Morgan fingerprint density at radius 3 is 1.04 bits per heavy atom. The fraction of sp³-hybridized carbons (Fsp3) is 1.00. The largest absolute Gasteiger partial charge is 0.475 e. The Labute approximate surface area is 146 Å². The summed E-state index contributed by atoms with van der Waals surface area (Å²) in [7, 11) is -7.05. The van der Waals surface area contributed by atoms with Gasteiger partial charge in [0.15, 0.2) is 0 Å². The van der Waals surface area contributed by atoms with E-state index in [1.165, 1.54) is 0 Å². The molecule has 0 atom stereocenters. The quantitative estimate of drug-likeness (QED) is 0.429. The van der Waals surface area contributed by atoms with E-state index in [4.69, 9.17) is 25.9 Å². The van der Waals surface area contributed by atoms with Crippen molar-refractivity contribution in [3.63, 3.8) is 0 Å². The number of hydrogen-bond donors (Lipinski definition) is 0. The minimum Gasteiger partial charge on any atom is -0.395 e. The Hall–Kier alpha value is 0.411. The van der Waals surface area contributed by atoms with Crippen molar-refractivity contribution in [1.29, 1.82) is 0 Å². The maximum Gasteiger partial charge on any atom is 0.475 e. The molecule has 9 heteroatoms. The van der Waals surface area contributed by atoms with E-state index in [0.717, 1.165) is 0 Å². The van der Waals surface area contributed by atoms with Crippen molar-refractivity contribution >= 4 is 27.6 Å². The van der Waals surface area contributed by atoms with Gasteiger partial charge in [0.1, 0.15) is 0 Å². The Morgan fingerprint density at radius 1 is 0.609 bits per heavy atom. The maximum atomic E-state index is 6.45. The van der Waals surface area contributed by atoms with E-state index in [0.29, 0.717) is 26.4 Å². The van der Waals surface area contributed by atoms with Crippen molar-refractivity contribution in [3.8, 4) is 0 Å². The molecule has 0 N–H and O–H groups in total.